The Morgan fingerprint density at radius 1 is 0.343 bits per heavy atom. The van der Waals surface area contributed by atoms with Crippen molar-refractivity contribution >= 4 is 82.0 Å². The number of aromatic nitrogens is 1. The lowest BCUT2D eigenvalue weighted by atomic mass is 9.79. The second kappa shape index (κ2) is 15.4. The number of hydrogen-bond donors (Lipinski definition) is 0. The highest BCUT2D eigenvalue weighted by Gasteiger charge is 2.36. The normalized spacial score (nSPS) is 12.9. The van der Waals surface area contributed by atoms with Gasteiger partial charge in [-0.2, -0.15) is 0 Å². The molecule has 0 N–H and O–H groups in total. The second-order valence-corrected chi connectivity index (χ2v) is 19.6. The van der Waals surface area contributed by atoms with Gasteiger partial charge in [0, 0.05) is 44.0 Å². The van der Waals surface area contributed by atoms with Crippen LogP contribution in [0.15, 0.2) is 237 Å². The van der Waals surface area contributed by atoms with E-state index >= 15 is 0 Å². The van der Waals surface area contributed by atoms with Crippen molar-refractivity contribution in [1.82, 2.24) is 4.57 Å². The lowest BCUT2D eigenvalue weighted by Gasteiger charge is -2.30. The maximum atomic E-state index is 2.49. The predicted molar refractivity (Wildman–Crippen MR) is 299 cm³/mol. The highest BCUT2D eigenvalue weighted by molar-refractivity contribution is 6.30. The molecule has 1 aliphatic carbocycles. The van der Waals surface area contributed by atoms with Crippen LogP contribution in [-0.4, -0.2) is 4.57 Å². The van der Waals surface area contributed by atoms with Crippen molar-refractivity contribution in [2.24, 2.45) is 0 Å². The van der Waals surface area contributed by atoms with Crippen molar-refractivity contribution in [2.45, 2.75) is 26.2 Å². The Kier molecular flexibility index (Phi) is 8.88. The van der Waals surface area contributed by atoms with E-state index in [0.29, 0.717) is 0 Å². The van der Waals surface area contributed by atoms with Gasteiger partial charge < -0.3 is 9.47 Å². The average Bonchev–Trinajstić information content (AvgIpc) is 3.86. The molecule has 12 aromatic carbocycles. The maximum Gasteiger partial charge on any atom is 0.0618 e. The molecule has 1 heterocycles. The van der Waals surface area contributed by atoms with Gasteiger partial charge in [-0.05, 0) is 138 Å². The molecule has 330 valence electrons. The van der Waals surface area contributed by atoms with Gasteiger partial charge in [-0.15, -0.1) is 0 Å². The lowest BCUT2D eigenvalue weighted by Crippen LogP contribution is -2.14. The summed E-state index contributed by atoms with van der Waals surface area (Å²) in [7, 11) is 0. The van der Waals surface area contributed by atoms with Gasteiger partial charge in [-0.1, -0.05) is 201 Å². The third kappa shape index (κ3) is 5.87. The molecule has 0 aliphatic heterocycles. The smallest absolute Gasteiger partial charge is 0.0618 e. The van der Waals surface area contributed by atoms with Crippen molar-refractivity contribution in [3.8, 4) is 39.1 Å². The Bertz CT molecular complexity index is 4160. The van der Waals surface area contributed by atoms with E-state index in [4.69, 9.17) is 0 Å². The van der Waals surface area contributed by atoms with E-state index in [0.717, 1.165) is 22.7 Å². The van der Waals surface area contributed by atoms with Gasteiger partial charge in [0.2, 0.25) is 0 Å². The molecule has 0 saturated heterocycles. The number of rotatable bonds is 6. The molecule has 1 aromatic heterocycles. The summed E-state index contributed by atoms with van der Waals surface area (Å²) in [5, 5.41) is 12.4. The summed E-state index contributed by atoms with van der Waals surface area (Å²) in [5.41, 5.74) is 18.6. The maximum absolute atomic E-state index is 2.49. The highest BCUT2D eigenvalue weighted by Crippen LogP contribution is 2.54. The van der Waals surface area contributed by atoms with Gasteiger partial charge in [0.15, 0.2) is 0 Å². The molecule has 0 bridgehead atoms. The Hall–Kier alpha value is -8.72. The van der Waals surface area contributed by atoms with Crippen molar-refractivity contribution < 1.29 is 0 Å². The fourth-order valence-corrected chi connectivity index (χ4v) is 12.3. The summed E-state index contributed by atoms with van der Waals surface area (Å²) >= 11 is 0. The van der Waals surface area contributed by atoms with Crippen LogP contribution in [0.4, 0.5) is 17.1 Å². The Morgan fingerprint density at radius 3 is 1.44 bits per heavy atom. The fourth-order valence-electron chi connectivity index (χ4n) is 12.3. The fraction of sp³-hybridized carbons (Fsp3) is 0.0588. The van der Waals surface area contributed by atoms with E-state index in [1.807, 2.05) is 0 Å². The molecule has 0 saturated carbocycles. The average molecular weight is 893 g/mol. The number of aryl methyl sites for hydroxylation is 1. The minimum absolute atomic E-state index is 0.106. The number of benzene rings is 12. The quantitative estimate of drug-likeness (QED) is 0.151. The third-order valence-electron chi connectivity index (χ3n) is 15.4. The summed E-state index contributed by atoms with van der Waals surface area (Å²) in [6, 6.07) is 88.1. The number of hydrogen-bond acceptors (Lipinski definition) is 1. The topological polar surface area (TPSA) is 8.17 Å². The number of anilines is 3. The van der Waals surface area contributed by atoms with Crippen LogP contribution in [-0.2, 0) is 5.41 Å². The van der Waals surface area contributed by atoms with Gasteiger partial charge in [0.25, 0.3) is 0 Å². The van der Waals surface area contributed by atoms with Crippen molar-refractivity contribution in [2.75, 3.05) is 4.90 Å². The van der Waals surface area contributed by atoms with Gasteiger partial charge in [-0.3, -0.25) is 0 Å². The van der Waals surface area contributed by atoms with Crippen LogP contribution in [0.5, 0.6) is 0 Å². The molecule has 13 aromatic rings. The Balaban J connectivity index is 1.02. The summed E-state index contributed by atoms with van der Waals surface area (Å²) in [5.74, 6) is 0. The molecule has 0 radical (unpaired) electrons. The van der Waals surface area contributed by atoms with Crippen LogP contribution in [0.1, 0.15) is 30.5 Å². The molecule has 0 amide bonds. The number of para-hydroxylation sites is 3. The van der Waals surface area contributed by atoms with Crippen LogP contribution in [0.2, 0.25) is 0 Å². The zero-order valence-corrected chi connectivity index (χ0v) is 39.4. The van der Waals surface area contributed by atoms with E-state index in [1.165, 1.54) is 115 Å². The summed E-state index contributed by atoms with van der Waals surface area (Å²) in [6.07, 6.45) is 0. The third-order valence-corrected chi connectivity index (χ3v) is 15.4. The van der Waals surface area contributed by atoms with Gasteiger partial charge >= 0.3 is 0 Å². The summed E-state index contributed by atoms with van der Waals surface area (Å²) in [6.45, 7) is 6.99. The van der Waals surface area contributed by atoms with E-state index in [9.17, 15) is 0 Å². The van der Waals surface area contributed by atoms with E-state index in [2.05, 4.69) is 267 Å². The number of fused-ring (bicyclic) bond motifs is 10. The van der Waals surface area contributed by atoms with Crippen molar-refractivity contribution in [3.05, 3.63) is 253 Å². The molecule has 0 atom stereocenters. The van der Waals surface area contributed by atoms with Crippen LogP contribution in [0.25, 0.3) is 104 Å². The number of nitrogens with zero attached hydrogens (tertiary/aromatic N) is 2. The van der Waals surface area contributed by atoms with Crippen LogP contribution in [0.3, 0.4) is 0 Å². The standard InChI is InChI=1S/C68H48N2/c1-43-33-39-56-59(41-43)64(44-34-40-49-48-21-13-16-30-60(48)68(2,3)61(49)42-44)52-24-7-8-25-53(52)65(56)66-54-26-9-11-28-57(54)67(58-29-12-10-27-55(58)66)69(45-19-5-4-6-20-45)46-35-37-47(38-36-46)70-62-31-17-14-22-50(62)51-23-15-18-32-63(51)70/h4-42H,1-3H3. The van der Waals surface area contributed by atoms with Crippen molar-refractivity contribution in [3.63, 3.8) is 0 Å². The molecule has 14 rings (SSSR count). The molecule has 70 heavy (non-hydrogen) atoms. The first-order valence-corrected chi connectivity index (χ1v) is 24.5. The lowest BCUT2D eigenvalue weighted by molar-refractivity contribution is 0.660. The zero-order valence-electron chi connectivity index (χ0n) is 39.4. The monoisotopic (exact) mass is 892 g/mol. The van der Waals surface area contributed by atoms with Gasteiger partial charge in [0.1, 0.15) is 0 Å². The predicted octanol–water partition coefficient (Wildman–Crippen LogP) is 18.8. The van der Waals surface area contributed by atoms with Crippen molar-refractivity contribution in [1.29, 1.82) is 0 Å². The van der Waals surface area contributed by atoms with E-state index < -0.39 is 0 Å². The first-order valence-electron chi connectivity index (χ1n) is 24.5. The van der Waals surface area contributed by atoms with E-state index in [1.54, 1.807) is 0 Å². The van der Waals surface area contributed by atoms with Crippen LogP contribution < -0.4 is 4.90 Å². The SMILES string of the molecule is Cc1ccc2c(-c3c4ccccc4c(N(c4ccccc4)c4ccc(-n5c6ccccc6c6ccccc65)cc4)c4ccccc34)c3ccccc3c(-c3ccc4c(c3)C(C)(C)c3ccccc3-4)c2c1. The molecule has 0 unspecified atom stereocenters. The zero-order chi connectivity index (χ0) is 46.7. The van der Waals surface area contributed by atoms with Crippen LogP contribution in [0, 0.1) is 6.92 Å². The molecular formula is C68H48N2. The molecular weight excluding hydrogens is 845 g/mol. The van der Waals surface area contributed by atoms with Crippen LogP contribution >= 0.6 is 0 Å². The van der Waals surface area contributed by atoms with E-state index in [-0.39, 0.29) is 5.41 Å². The molecule has 0 spiro atoms. The summed E-state index contributed by atoms with van der Waals surface area (Å²) < 4.78 is 2.40. The molecule has 1 aliphatic rings. The summed E-state index contributed by atoms with van der Waals surface area (Å²) in [4.78, 5) is 2.47. The highest BCUT2D eigenvalue weighted by atomic mass is 15.1. The Labute approximate surface area is 407 Å². The van der Waals surface area contributed by atoms with Gasteiger partial charge in [-0.25, -0.2) is 0 Å². The molecule has 2 nitrogen and oxygen atoms in total. The Morgan fingerprint density at radius 2 is 0.814 bits per heavy atom. The minimum Gasteiger partial charge on any atom is -0.309 e. The molecule has 2 heteroatoms. The molecule has 0 fully saturated rings. The second-order valence-electron chi connectivity index (χ2n) is 19.6. The largest absolute Gasteiger partial charge is 0.309 e. The first kappa shape index (κ1) is 40.4. The first-order chi connectivity index (χ1) is 34.4. The van der Waals surface area contributed by atoms with Gasteiger partial charge in [0.05, 0.1) is 16.7 Å². The minimum atomic E-state index is -0.106.